The number of oxime groups is 1. The monoisotopic (exact) mass is 218 g/mol. The maximum absolute atomic E-state index is 11.6. The summed E-state index contributed by atoms with van der Waals surface area (Å²) in [5.41, 5.74) is 1.12. The first-order valence-corrected chi connectivity index (χ1v) is 5.29. The Morgan fingerprint density at radius 3 is 2.88 bits per heavy atom. The summed E-state index contributed by atoms with van der Waals surface area (Å²) in [5, 5.41) is 11.4. The van der Waals surface area contributed by atoms with Crippen LogP contribution in [-0.2, 0) is 11.3 Å². The molecule has 0 aromatic heterocycles. The molecule has 0 aliphatic carbocycles. The van der Waals surface area contributed by atoms with E-state index in [1.807, 2.05) is 30.3 Å². The van der Waals surface area contributed by atoms with Gasteiger partial charge in [-0.05, 0) is 5.56 Å². The lowest BCUT2D eigenvalue weighted by Crippen LogP contribution is -2.24. The van der Waals surface area contributed by atoms with Crippen LogP contribution in [0, 0.1) is 5.92 Å². The highest BCUT2D eigenvalue weighted by molar-refractivity contribution is 5.83. The predicted octanol–water partition coefficient (Wildman–Crippen LogP) is 1.50. The normalized spacial score (nSPS) is 20.9. The first-order valence-electron chi connectivity index (χ1n) is 5.29. The van der Waals surface area contributed by atoms with Crippen LogP contribution in [0.1, 0.15) is 12.0 Å². The van der Waals surface area contributed by atoms with Crippen molar-refractivity contribution in [3.05, 3.63) is 35.9 Å². The van der Waals surface area contributed by atoms with Crippen molar-refractivity contribution in [3.8, 4) is 0 Å². The standard InChI is InChI=1S/C12H14N2O2/c15-12-6-11(7-13-16)9-14(12)8-10-4-2-1-3-5-10/h1-5,7,11,16H,6,8-9H2/b13-7+/t11-/m1/s1. The van der Waals surface area contributed by atoms with Crippen LogP contribution >= 0.6 is 0 Å². The van der Waals surface area contributed by atoms with Crippen LogP contribution in [0.4, 0.5) is 0 Å². The van der Waals surface area contributed by atoms with Gasteiger partial charge in [0, 0.05) is 31.6 Å². The highest BCUT2D eigenvalue weighted by Crippen LogP contribution is 2.18. The van der Waals surface area contributed by atoms with Gasteiger partial charge in [-0.25, -0.2) is 0 Å². The van der Waals surface area contributed by atoms with E-state index in [0.29, 0.717) is 19.5 Å². The number of rotatable bonds is 3. The summed E-state index contributed by atoms with van der Waals surface area (Å²) in [6.07, 6.45) is 1.87. The molecule has 0 unspecified atom stereocenters. The molecule has 4 heteroatoms. The number of nitrogens with zero attached hydrogens (tertiary/aromatic N) is 2. The largest absolute Gasteiger partial charge is 0.411 e. The minimum atomic E-state index is 0.0428. The topological polar surface area (TPSA) is 52.9 Å². The maximum atomic E-state index is 11.6. The highest BCUT2D eigenvalue weighted by atomic mass is 16.4. The molecule has 0 bridgehead atoms. The summed E-state index contributed by atoms with van der Waals surface area (Å²) < 4.78 is 0. The molecule has 1 N–H and O–H groups in total. The molecular weight excluding hydrogens is 204 g/mol. The third-order valence-electron chi connectivity index (χ3n) is 2.74. The smallest absolute Gasteiger partial charge is 0.223 e. The summed E-state index contributed by atoms with van der Waals surface area (Å²) in [4.78, 5) is 13.4. The van der Waals surface area contributed by atoms with E-state index >= 15 is 0 Å². The van der Waals surface area contributed by atoms with Gasteiger partial charge >= 0.3 is 0 Å². The lowest BCUT2D eigenvalue weighted by atomic mass is 10.1. The van der Waals surface area contributed by atoms with E-state index in [1.54, 1.807) is 4.90 Å². The van der Waals surface area contributed by atoms with Crippen LogP contribution in [0.15, 0.2) is 35.5 Å². The Labute approximate surface area is 94.2 Å². The van der Waals surface area contributed by atoms with Crippen LogP contribution in [0.3, 0.4) is 0 Å². The summed E-state index contributed by atoms with van der Waals surface area (Å²) in [7, 11) is 0. The molecule has 1 atom stereocenters. The summed E-state index contributed by atoms with van der Waals surface area (Å²) in [6, 6.07) is 9.88. The van der Waals surface area contributed by atoms with Gasteiger partial charge in [0.15, 0.2) is 0 Å². The summed E-state index contributed by atoms with van der Waals surface area (Å²) >= 11 is 0. The number of benzene rings is 1. The Balaban J connectivity index is 1.99. The zero-order valence-electron chi connectivity index (χ0n) is 8.91. The second kappa shape index (κ2) is 4.79. The first-order chi connectivity index (χ1) is 7.79. The molecule has 1 aromatic carbocycles. The van der Waals surface area contributed by atoms with Gasteiger partial charge in [0.1, 0.15) is 0 Å². The lowest BCUT2D eigenvalue weighted by Gasteiger charge is -2.15. The lowest BCUT2D eigenvalue weighted by molar-refractivity contribution is -0.128. The number of likely N-dealkylation sites (tertiary alicyclic amines) is 1. The molecule has 1 heterocycles. The first kappa shape index (κ1) is 10.7. The highest BCUT2D eigenvalue weighted by Gasteiger charge is 2.28. The van der Waals surface area contributed by atoms with E-state index in [9.17, 15) is 4.79 Å². The molecule has 1 fully saturated rings. The van der Waals surface area contributed by atoms with E-state index in [2.05, 4.69) is 5.16 Å². The average molecular weight is 218 g/mol. The van der Waals surface area contributed by atoms with Crippen LogP contribution in [-0.4, -0.2) is 28.8 Å². The fourth-order valence-corrected chi connectivity index (χ4v) is 1.95. The van der Waals surface area contributed by atoms with Gasteiger partial charge < -0.3 is 10.1 Å². The Bertz CT molecular complexity index is 389. The van der Waals surface area contributed by atoms with Crippen LogP contribution in [0.2, 0.25) is 0 Å². The van der Waals surface area contributed by atoms with Gasteiger partial charge in [0.2, 0.25) is 5.91 Å². The summed E-state index contributed by atoms with van der Waals surface area (Å²) in [6.45, 7) is 1.27. The molecule has 4 nitrogen and oxygen atoms in total. The van der Waals surface area contributed by atoms with Gasteiger partial charge in [0.25, 0.3) is 0 Å². The average Bonchev–Trinajstić information content (AvgIpc) is 2.61. The fourth-order valence-electron chi connectivity index (χ4n) is 1.95. The quantitative estimate of drug-likeness (QED) is 0.475. The molecule has 0 radical (unpaired) electrons. The molecule has 84 valence electrons. The number of amides is 1. The van der Waals surface area contributed by atoms with Gasteiger partial charge in [-0.1, -0.05) is 30.3 Å². The Hall–Kier alpha value is -1.84. The molecule has 2 rings (SSSR count). The molecule has 16 heavy (non-hydrogen) atoms. The number of hydrogen-bond acceptors (Lipinski definition) is 3. The maximum Gasteiger partial charge on any atom is 0.223 e. The van der Waals surface area contributed by atoms with Crippen LogP contribution in [0.25, 0.3) is 0 Å². The molecule has 1 amide bonds. The van der Waals surface area contributed by atoms with Crippen LogP contribution < -0.4 is 0 Å². The van der Waals surface area contributed by atoms with Crippen molar-refractivity contribution in [2.45, 2.75) is 13.0 Å². The molecule has 1 aliphatic rings. The second-order valence-corrected chi connectivity index (χ2v) is 3.99. The molecule has 1 aromatic rings. The van der Waals surface area contributed by atoms with Gasteiger partial charge in [-0.15, -0.1) is 5.16 Å². The minimum Gasteiger partial charge on any atom is -0.411 e. The molecular formula is C12H14N2O2. The van der Waals surface area contributed by atoms with Gasteiger partial charge in [-0.3, -0.25) is 4.79 Å². The van der Waals surface area contributed by atoms with Crippen molar-refractivity contribution < 1.29 is 10.0 Å². The molecule has 0 spiro atoms. The Morgan fingerprint density at radius 1 is 1.44 bits per heavy atom. The zero-order valence-corrected chi connectivity index (χ0v) is 8.91. The Kier molecular flexibility index (Phi) is 3.19. The molecule has 0 saturated carbocycles. The van der Waals surface area contributed by atoms with E-state index < -0.39 is 0 Å². The number of carbonyl (C=O) groups is 1. The van der Waals surface area contributed by atoms with Crippen molar-refractivity contribution in [1.29, 1.82) is 0 Å². The molecule has 1 saturated heterocycles. The number of carbonyl (C=O) groups excluding carboxylic acids is 1. The SMILES string of the molecule is O=C1C[C@H](/C=N/O)CN1Cc1ccccc1. The van der Waals surface area contributed by atoms with Gasteiger partial charge in [0.05, 0.1) is 0 Å². The predicted molar refractivity (Wildman–Crippen MR) is 60.2 cm³/mol. The number of hydrogen-bond donors (Lipinski definition) is 1. The third kappa shape index (κ3) is 2.39. The van der Waals surface area contributed by atoms with Crippen LogP contribution in [0.5, 0.6) is 0 Å². The van der Waals surface area contributed by atoms with Crippen molar-refractivity contribution in [3.63, 3.8) is 0 Å². The zero-order chi connectivity index (χ0) is 11.4. The minimum absolute atomic E-state index is 0.0428. The third-order valence-corrected chi connectivity index (χ3v) is 2.74. The van der Waals surface area contributed by atoms with E-state index in [4.69, 9.17) is 5.21 Å². The van der Waals surface area contributed by atoms with E-state index in [1.165, 1.54) is 6.21 Å². The molecule has 1 aliphatic heterocycles. The van der Waals surface area contributed by atoms with Crippen molar-refractivity contribution >= 4 is 12.1 Å². The van der Waals surface area contributed by atoms with E-state index in [-0.39, 0.29) is 11.8 Å². The second-order valence-electron chi connectivity index (χ2n) is 3.99. The summed E-state index contributed by atoms with van der Waals surface area (Å²) in [5.74, 6) is 0.162. The Morgan fingerprint density at radius 2 is 2.19 bits per heavy atom. The van der Waals surface area contributed by atoms with Gasteiger partial charge in [-0.2, -0.15) is 0 Å². The van der Waals surface area contributed by atoms with E-state index in [0.717, 1.165) is 5.56 Å². The van der Waals surface area contributed by atoms with Crippen molar-refractivity contribution in [1.82, 2.24) is 4.90 Å². The fraction of sp³-hybridized carbons (Fsp3) is 0.333. The van der Waals surface area contributed by atoms with Crippen molar-refractivity contribution in [2.24, 2.45) is 11.1 Å². The van der Waals surface area contributed by atoms with Crippen molar-refractivity contribution in [2.75, 3.05) is 6.54 Å².